The third-order valence-electron chi connectivity index (χ3n) is 3.74. The number of nitrogens with one attached hydrogen (secondary N) is 1. The Hall–Kier alpha value is -2.39. The molecule has 0 atom stereocenters. The normalized spacial score (nSPS) is 10.7. The largest absolute Gasteiger partial charge is 0.352 e. The maximum Gasteiger partial charge on any atom is 0.251 e. The van der Waals surface area contributed by atoms with Crippen molar-refractivity contribution in [1.82, 2.24) is 10.3 Å². The summed E-state index contributed by atoms with van der Waals surface area (Å²) in [7, 11) is 0. The molecule has 0 radical (unpaired) electrons. The minimum absolute atomic E-state index is 0.0482. The van der Waals surface area contributed by atoms with Gasteiger partial charge in [-0.2, -0.15) is 0 Å². The number of hydrogen-bond donors (Lipinski definition) is 1. The number of aromatic nitrogens is 1. The molecule has 2 aromatic carbocycles. The molecule has 1 N–H and O–H groups in total. The predicted molar refractivity (Wildman–Crippen MR) is 93.8 cm³/mol. The third kappa shape index (κ3) is 3.88. The first-order chi connectivity index (χ1) is 11.2. The van der Waals surface area contributed by atoms with E-state index in [-0.39, 0.29) is 5.91 Å². The van der Waals surface area contributed by atoms with Gasteiger partial charge >= 0.3 is 0 Å². The molecule has 0 saturated heterocycles. The zero-order valence-corrected chi connectivity index (χ0v) is 13.4. The quantitative estimate of drug-likeness (QED) is 0.713. The van der Waals surface area contributed by atoms with E-state index in [0.717, 1.165) is 28.6 Å². The second-order valence-corrected chi connectivity index (χ2v) is 5.83. The molecule has 4 heteroatoms. The lowest BCUT2D eigenvalue weighted by Crippen LogP contribution is -2.25. The molecular formula is C19H17ClN2O. The first-order valence-corrected chi connectivity index (χ1v) is 7.97. The number of halogens is 1. The van der Waals surface area contributed by atoms with Crippen LogP contribution in [-0.4, -0.2) is 17.4 Å². The molecule has 0 bridgehead atoms. The van der Waals surface area contributed by atoms with Crippen LogP contribution in [0.4, 0.5) is 0 Å². The van der Waals surface area contributed by atoms with Crippen LogP contribution >= 0.6 is 11.6 Å². The number of carbonyl (C=O) groups excluding carboxylic acids is 1. The van der Waals surface area contributed by atoms with E-state index in [1.54, 1.807) is 12.4 Å². The van der Waals surface area contributed by atoms with Crippen molar-refractivity contribution < 1.29 is 4.79 Å². The number of nitrogens with zero attached hydrogens (tertiary/aromatic N) is 1. The van der Waals surface area contributed by atoms with Crippen LogP contribution < -0.4 is 5.32 Å². The lowest BCUT2D eigenvalue weighted by atomic mass is 10.1. The Bertz CT molecular complexity index is 827. The zero-order valence-electron chi connectivity index (χ0n) is 12.6. The Balaban J connectivity index is 1.59. The molecule has 1 amide bonds. The number of rotatable bonds is 5. The van der Waals surface area contributed by atoms with Crippen LogP contribution in [0.1, 0.15) is 22.3 Å². The Kier molecular flexibility index (Phi) is 4.89. The summed E-state index contributed by atoms with van der Waals surface area (Å²) in [5.41, 5.74) is 1.87. The van der Waals surface area contributed by atoms with Gasteiger partial charge in [0.1, 0.15) is 0 Å². The van der Waals surface area contributed by atoms with Crippen molar-refractivity contribution in [2.45, 2.75) is 12.8 Å². The summed E-state index contributed by atoms with van der Waals surface area (Å²) >= 11 is 5.97. The molecular weight excluding hydrogens is 308 g/mol. The molecule has 0 aliphatic heterocycles. The second kappa shape index (κ2) is 7.25. The first kappa shape index (κ1) is 15.5. The molecule has 0 fully saturated rings. The van der Waals surface area contributed by atoms with Crippen molar-refractivity contribution in [1.29, 1.82) is 0 Å². The maximum atomic E-state index is 12.4. The monoisotopic (exact) mass is 324 g/mol. The van der Waals surface area contributed by atoms with Crippen molar-refractivity contribution in [2.75, 3.05) is 6.54 Å². The van der Waals surface area contributed by atoms with E-state index in [9.17, 15) is 4.79 Å². The van der Waals surface area contributed by atoms with Crippen molar-refractivity contribution in [3.05, 3.63) is 77.1 Å². The summed E-state index contributed by atoms with van der Waals surface area (Å²) in [4.78, 5) is 16.5. The van der Waals surface area contributed by atoms with Gasteiger partial charge in [0, 0.05) is 34.9 Å². The van der Waals surface area contributed by atoms with Gasteiger partial charge in [-0.05, 0) is 48.1 Å². The summed E-state index contributed by atoms with van der Waals surface area (Å²) in [6.07, 6.45) is 5.24. The van der Waals surface area contributed by atoms with Crippen molar-refractivity contribution in [2.24, 2.45) is 0 Å². The Morgan fingerprint density at radius 3 is 2.87 bits per heavy atom. The Labute approximate surface area is 140 Å². The average molecular weight is 325 g/mol. The number of carbonyl (C=O) groups is 1. The fourth-order valence-corrected chi connectivity index (χ4v) is 2.82. The fraction of sp³-hybridized carbons (Fsp3) is 0.158. The molecule has 3 nitrogen and oxygen atoms in total. The van der Waals surface area contributed by atoms with Crippen molar-refractivity contribution >= 4 is 28.3 Å². The molecule has 3 aromatic rings. The highest BCUT2D eigenvalue weighted by atomic mass is 35.5. The molecule has 1 aromatic heterocycles. The minimum atomic E-state index is -0.0482. The van der Waals surface area contributed by atoms with Gasteiger partial charge in [-0.25, -0.2) is 0 Å². The van der Waals surface area contributed by atoms with Gasteiger partial charge in [0.05, 0.1) is 0 Å². The Morgan fingerprint density at radius 1 is 1.13 bits per heavy atom. The minimum Gasteiger partial charge on any atom is -0.352 e. The highest BCUT2D eigenvalue weighted by molar-refractivity contribution is 6.30. The number of fused-ring (bicyclic) bond motifs is 1. The lowest BCUT2D eigenvalue weighted by molar-refractivity contribution is 0.0955. The number of amides is 1. The molecule has 0 spiro atoms. The van der Waals surface area contributed by atoms with Crippen molar-refractivity contribution in [3.63, 3.8) is 0 Å². The van der Waals surface area contributed by atoms with Crippen LogP contribution in [0.15, 0.2) is 60.9 Å². The zero-order chi connectivity index (χ0) is 16.1. The van der Waals surface area contributed by atoms with Crippen LogP contribution in [0.3, 0.4) is 0 Å². The number of aryl methyl sites for hydroxylation is 1. The first-order valence-electron chi connectivity index (χ1n) is 7.59. The van der Waals surface area contributed by atoms with Gasteiger partial charge in [-0.15, -0.1) is 0 Å². The Morgan fingerprint density at radius 2 is 2.00 bits per heavy atom. The van der Waals surface area contributed by atoms with Gasteiger partial charge in [0.25, 0.3) is 5.91 Å². The molecule has 23 heavy (non-hydrogen) atoms. The molecule has 116 valence electrons. The SMILES string of the molecule is O=C(NCCCc1cccc(Cl)c1)c1cccc2cnccc12. The van der Waals surface area contributed by atoms with Crippen molar-refractivity contribution in [3.8, 4) is 0 Å². The maximum absolute atomic E-state index is 12.4. The molecule has 0 aliphatic rings. The van der Waals surface area contributed by atoms with Crippen LogP contribution in [-0.2, 0) is 6.42 Å². The highest BCUT2D eigenvalue weighted by Crippen LogP contribution is 2.17. The smallest absolute Gasteiger partial charge is 0.251 e. The van der Waals surface area contributed by atoms with E-state index < -0.39 is 0 Å². The van der Waals surface area contributed by atoms with Crippen LogP contribution in [0, 0.1) is 0 Å². The second-order valence-electron chi connectivity index (χ2n) is 5.39. The molecule has 0 unspecified atom stereocenters. The van der Waals surface area contributed by atoms with E-state index in [1.807, 2.05) is 48.5 Å². The van der Waals surface area contributed by atoms with E-state index in [4.69, 9.17) is 11.6 Å². The van der Waals surface area contributed by atoms with Gasteiger partial charge in [-0.3, -0.25) is 9.78 Å². The predicted octanol–water partition coefficient (Wildman–Crippen LogP) is 4.25. The number of pyridine rings is 1. The van der Waals surface area contributed by atoms with Crippen LogP contribution in [0.25, 0.3) is 10.8 Å². The average Bonchev–Trinajstić information content (AvgIpc) is 2.58. The number of hydrogen-bond acceptors (Lipinski definition) is 2. The molecule has 0 saturated carbocycles. The van der Waals surface area contributed by atoms with Gasteiger partial charge < -0.3 is 5.32 Å². The summed E-state index contributed by atoms with van der Waals surface area (Å²) in [6, 6.07) is 15.4. The fourth-order valence-electron chi connectivity index (χ4n) is 2.60. The lowest BCUT2D eigenvalue weighted by Gasteiger charge is -2.08. The number of benzene rings is 2. The molecule has 1 heterocycles. The van der Waals surface area contributed by atoms with E-state index in [1.165, 1.54) is 5.56 Å². The van der Waals surface area contributed by atoms with E-state index >= 15 is 0 Å². The summed E-state index contributed by atoms with van der Waals surface area (Å²) < 4.78 is 0. The van der Waals surface area contributed by atoms with Crippen LogP contribution in [0.2, 0.25) is 5.02 Å². The standard InChI is InChI=1S/C19H17ClN2O/c20-16-7-1-4-14(12-16)5-3-10-22-19(23)18-8-2-6-15-13-21-11-9-17(15)18/h1-2,4,6-9,11-13H,3,5,10H2,(H,22,23). The summed E-state index contributed by atoms with van der Waals surface area (Å²) in [5, 5.41) is 5.63. The van der Waals surface area contributed by atoms with Gasteiger partial charge in [0.2, 0.25) is 0 Å². The van der Waals surface area contributed by atoms with Gasteiger partial charge in [0.15, 0.2) is 0 Å². The highest BCUT2D eigenvalue weighted by Gasteiger charge is 2.08. The van der Waals surface area contributed by atoms with Gasteiger partial charge in [-0.1, -0.05) is 35.9 Å². The third-order valence-corrected chi connectivity index (χ3v) is 3.98. The van der Waals surface area contributed by atoms with E-state index in [0.29, 0.717) is 12.1 Å². The van der Waals surface area contributed by atoms with E-state index in [2.05, 4.69) is 10.3 Å². The summed E-state index contributed by atoms with van der Waals surface area (Å²) in [6.45, 7) is 0.632. The summed E-state index contributed by atoms with van der Waals surface area (Å²) in [5.74, 6) is -0.0482. The molecule has 0 aliphatic carbocycles. The molecule has 3 rings (SSSR count). The topological polar surface area (TPSA) is 42.0 Å². The van der Waals surface area contributed by atoms with Crippen LogP contribution in [0.5, 0.6) is 0 Å².